The molecule has 1 aliphatic heterocycles. The van der Waals surface area contributed by atoms with Gasteiger partial charge in [-0.15, -0.1) is 10.1 Å². The maximum atomic E-state index is 12.4. The van der Waals surface area contributed by atoms with Crippen LogP contribution in [0, 0.1) is 10.1 Å². The molecule has 1 N–H and O–H groups in total. The Balaban J connectivity index is 1.22. The molecule has 0 aromatic heterocycles. The van der Waals surface area contributed by atoms with Crippen LogP contribution in [0.3, 0.4) is 0 Å². The fourth-order valence-corrected chi connectivity index (χ4v) is 6.60. The Hall–Kier alpha value is -5.19. The highest BCUT2D eigenvalue weighted by Crippen LogP contribution is 2.33. The predicted octanol–water partition coefficient (Wildman–Crippen LogP) is 6.27. The van der Waals surface area contributed by atoms with Crippen LogP contribution in [0.15, 0.2) is 84.9 Å². The second-order valence-corrected chi connectivity index (χ2v) is 13.3. The Bertz CT molecular complexity index is 1830. The van der Waals surface area contributed by atoms with Crippen molar-refractivity contribution in [1.29, 1.82) is 0 Å². The van der Waals surface area contributed by atoms with Crippen molar-refractivity contribution in [1.82, 2.24) is 5.32 Å². The van der Waals surface area contributed by atoms with E-state index in [1.165, 1.54) is 7.11 Å². The monoisotopic (exact) mass is 792 g/mol. The van der Waals surface area contributed by atoms with Gasteiger partial charge in [0.1, 0.15) is 17.2 Å². The number of para-hydroxylation sites is 1. The Morgan fingerprint density at radius 2 is 1.54 bits per heavy atom. The van der Waals surface area contributed by atoms with Crippen molar-refractivity contribution in [3.05, 3.63) is 112 Å². The van der Waals surface area contributed by atoms with Gasteiger partial charge in [-0.2, -0.15) is 0 Å². The van der Waals surface area contributed by atoms with Gasteiger partial charge in [-0.3, -0.25) is 0 Å². The number of ether oxygens (including phenoxy) is 9. The van der Waals surface area contributed by atoms with Gasteiger partial charge < -0.3 is 52.8 Å². The lowest BCUT2D eigenvalue weighted by atomic mass is 9.85. The molecule has 0 amide bonds. The Morgan fingerprint density at radius 1 is 0.807 bits per heavy atom. The highest BCUT2D eigenvalue weighted by atomic mass is 16.9. The molecule has 4 aromatic carbocycles. The number of benzene rings is 4. The Labute approximate surface area is 332 Å². The molecular weight excluding hydrogens is 740 g/mol. The van der Waals surface area contributed by atoms with Gasteiger partial charge in [0.05, 0.1) is 79.3 Å². The summed E-state index contributed by atoms with van der Waals surface area (Å²) in [5.41, 5.74) is 2.96. The van der Waals surface area contributed by atoms with Gasteiger partial charge in [-0.05, 0) is 46.8 Å². The maximum Gasteiger partial charge on any atom is 0.508 e. The fraction of sp³-hybridized carbons (Fsp3) is 0.452. The van der Waals surface area contributed by atoms with Crippen LogP contribution in [0.2, 0.25) is 0 Å². The zero-order valence-electron chi connectivity index (χ0n) is 32.6. The lowest BCUT2D eigenvalue weighted by Crippen LogP contribution is -2.51. The number of rotatable bonds is 24. The topological polar surface area (TPSA) is 165 Å². The van der Waals surface area contributed by atoms with E-state index in [9.17, 15) is 14.9 Å². The highest BCUT2D eigenvalue weighted by Gasteiger charge is 2.37. The lowest BCUT2D eigenvalue weighted by molar-refractivity contribution is -0.757. The molecule has 1 aliphatic rings. The SMILES string of the molecule is COCC(COC1CNCC(OCc2cc(OC)c3ccccc3c2)C1c1ccc(OCCCOCc2ccccc2OC)cc1)OC(=O)OCCCO[N+](=O)[O-]. The number of carbonyl (C=O) groups is 1. The summed E-state index contributed by atoms with van der Waals surface area (Å²) in [6.07, 6.45) is -1.54. The third-order valence-corrected chi connectivity index (χ3v) is 9.29. The van der Waals surface area contributed by atoms with E-state index < -0.39 is 17.3 Å². The molecular formula is C42H52N2O13. The first kappa shape index (κ1) is 42.9. The molecule has 4 atom stereocenters. The molecule has 0 radical (unpaired) electrons. The largest absolute Gasteiger partial charge is 0.508 e. The van der Waals surface area contributed by atoms with Gasteiger partial charge in [-0.1, -0.05) is 54.6 Å². The molecule has 15 heteroatoms. The number of hydrogen-bond donors (Lipinski definition) is 1. The average Bonchev–Trinajstić information content (AvgIpc) is 3.23. The van der Waals surface area contributed by atoms with E-state index >= 15 is 0 Å². The van der Waals surface area contributed by atoms with Crippen molar-refractivity contribution in [3.63, 3.8) is 0 Å². The molecule has 57 heavy (non-hydrogen) atoms. The fourth-order valence-electron chi connectivity index (χ4n) is 6.60. The molecule has 0 saturated carbocycles. The molecule has 1 saturated heterocycles. The standard InChI is InChI=1S/C42H52N2O13/c1-48-28-35(57-42(45)53-20-9-21-56-44(46)47)29-55-40-25-43-24-39(54-26-30-22-32-10-4-6-12-36(32)38(23-30)50-3)41(40)31-14-16-34(17-15-31)52-19-8-18-51-27-33-11-5-7-13-37(33)49-2/h4-7,10-17,22-23,35,39-41,43H,8-9,18-21,24-29H2,1-3H3. The molecule has 5 rings (SSSR count). The number of piperidine rings is 1. The zero-order chi connectivity index (χ0) is 40.2. The molecule has 1 fully saturated rings. The van der Waals surface area contributed by atoms with Crippen LogP contribution in [0.4, 0.5) is 4.79 Å². The smallest absolute Gasteiger partial charge is 0.496 e. The van der Waals surface area contributed by atoms with E-state index in [1.54, 1.807) is 14.2 Å². The van der Waals surface area contributed by atoms with E-state index in [-0.39, 0.29) is 51.0 Å². The summed E-state index contributed by atoms with van der Waals surface area (Å²) >= 11 is 0. The van der Waals surface area contributed by atoms with E-state index in [2.05, 4.69) is 16.2 Å². The van der Waals surface area contributed by atoms with Crippen LogP contribution in [0.1, 0.15) is 35.4 Å². The molecule has 4 unspecified atom stereocenters. The summed E-state index contributed by atoms with van der Waals surface area (Å²) in [7, 11) is 4.80. The third-order valence-electron chi connectivity index (χ3n) is 9.29. The summed E-state index contributed by atoms with van der Waals surface area (Å²) in [5, 5.41) is 15.0. The minimum atomic E-state index is -0.939. The van der Waals surface area contributed by atoms with Crippen molar-refractivity contribution in [2.24, 2.45) is 0 Å². The van der Waals surface area contributed by atoms with Crippen LogP contribution in [0.5, 0.6) is 17.2 Å². The number of nitrogens with one attached hydrogen (secondary N) is 1. The van der Waals surface area contributed by atoms with Gasteiger partial charge in [0, 0.05) is 49.9 Å². The summed E-state index contributed by atoms with van der Waals surface area (Å²) < 4.78 is 52.0. The van der Waals surface area contributed by atoms with E-state index in [1.807, 2.05) is 78.9 Å². The first-order valence-corrected chi connectivity index (χ1v) is 18.9. The highest BCUT2D eigenvalue weighted by molar-refractivity contribution is 5.89. The minimum absolute atomic E-state index is 0.0190. The zero-order valence-corrected chi connectivity index (χ0v) is 32.6. The molecule has 0 spiro atoms. The summed E-state index contributed by atoms with van der Waals surface area (Å²) in [6.45, 7) is 2.68. The van der Waals surface area contributed by atoms with Gasteiger partial charge in [-0.25, -0.2) is 4.79 Å². The van der Waals surface area contributed by atoms with Crippen molar-refractivity contribution >= 4 is 16.9 Å². The van der Waals surface area contributed by atoms with Crippen molar-refractivity contribution in [2.75, 3.05) is 74.1 Å². The first-order valence-electron chi connectivity index (χ1n) is 18.9. The van der Waals surface area contributed by atoms with Crippen LogP contribution in [-0.2, 0) is 46.5 Å². The molecule has 308 valence electrons. The summed E-state index contributed by atoms with van der Waals surface area (Å²) in [6, 6.07) is 27.9. The first-order chi connectivity index (χ1) is 27.9. The van der Waals surface area contributed by atoms with Gasteiger partial charge >= 0.3 is 6.16 Å². The summed E-state index contributed by atoms with van der Waals surface area (Å²) in [4.78, 5) is 27.0. The van der Waals surface area contributed by atoms with Gasteiger partial charge in [0.15, 0.2) is 6.10 Å². The quantitative estimate of drug-likeness (QED) is 0.0366. The van der Waals surface area contributed by atoms with E-state index in [4.69, 9.17) is 42.6 Å². The number of carbonyl (C=O) groups excluding carboxylic acids is 1. The van der Waals surface area contributed by atoms with Gasteiger partial charge in [0.25, 0.3) is 5.09 Å². The molecule has 0 bridgehead atoms. The second-order valence-electron chi connectivity index (χ2n) is 13.3. The van der Waals surface area contributed by atoms with Crippen molar-refractivity contribution in [2.45, 2.75) is 50.3 Å². The number of nitrogens with zero attached hydrogens (tertiary/aromatic N) is 1. The van der Waals surface area contributed by atoms with E-state index in [0.29, 0.717) is 45.9 Å². The number of fused-ring (bicyclic) bond motifs is 1. The average molecular weight is 793 g/mol. The molecule has 4 aromatic rings. The van der Waals surface area contributed by atoms with Crippen LogP contribution in [-0.4, -0.2) is 104 Å². The second kappa shape index (κ2) is 23.1. The summed E-state index contributed by atoms with van der Waals surface area (Å²) in [5.74, 6) is 2.10. The lowest BCUT2D eigenvalue weighted by Gasteiger charge is -2.39. The van der Waals surface area contributed by atoms with E-state index in [0.717, 1.165) is 44.7 Å². The molecule has 1 heterocycles. The van der Waals surface area contributed by atoms with Crippen LogP contribution < -0.4 is 19.5 Å². The molecule has 15 nitrogen and oxygen atoms in total. The number of hydrogen-bond acceptors (Lipinski definition) is 14. The number of methoxy groups -OCH3 is 3. The van der Waals surface area contributed by atoms with Crippen molar-refractivity contribution in [3.8, 4) is 17.2 Å². The minimum Gasteiger partial charge on any atom is -0.496 e. The van der Waals surface area contributed by atoms with Gasteiger partial charge in [0.2, 0.25) is 0 Å². The molecule has 0 aliphatic carbocycles. The maximum absolute atomic E-state index is 12.4. The third kappa shape index (κ3) is 13.5. The predicted molar refractivity (Wildman–Crippen MR) is 209 cm³/mol. The van der Waals surface area contributed by atoms with Crippen LogP contribution >= 0.6 is 0 Å². The van der Waals surface area contributed by atoms with Crippen LogP contribution in [0.25, 0.3) is 10.8 Å². The Kier molecular flexibility index (Phi) is 17.4. The normalized spacial score (nSPS) is 17.1. The van der Waals surface area contributed by atoms with Crippen molar-refractivity contribution < 1.29 is 57.4 Å². The Morgan fingerprint density at radius 3 is 2.32 bits per heavy atom.